The minimum absolute atomic E-state index is 0.153. The predicted octanol–water partition coefficient (Wildman–Crippen LogP) is 4.75. The van der Waals surface area contributed by atoms with E-state index in [1.54, 1.807) is 0 Å². The van der Waals surface area contributed by atoms with E-state index in [-0.39, 0.29) is 10.8 Å². The molecule has 0 N–H and O–H groups in total. The van der Waals surface area contributed by atoms with Gasteiger partial charge in [0, 0.05) is 5.30 Å². The van der Waals surface area contributed by atoms with E-state index in [4.69, 9.17) is 9.05 Å². The molecule has 19 heavy (non-hydrogen) atoms. The van der Waals surface area contributed by atoms with Crippen LogP contribution >= 0.6 is 8.38 Å². The third-order valence-corrected chi connectivity index (χ3v) is 3.64. The van der Waals surface area contributed by atoms with Gasteiger partial charge in [0.15, 0.2) is 0 Å². The van der Waals surface area contributed by atoms with E-state index < -0.39 is 8.38 Å². The van der Waals surface area contributed by atoms with Gasteiger partial charge in [-0.1, -0.05) is 59.7 Å². The van der Waals surface area contributed by atoms with Crippen molar-refractivity contribution in [3.8, 4) is 0 Å². The first-order chi connectivity index (χ1) is 8.67. The SMILES string of the molecule is CC(C)(C)COP(OCC(C)(C)C)c1ccccc1. The Hall–Kier alpha value is -0.430. The van der Waals surface area contributed by atoms with Gasteiger partial charge in [0.1, 0.15) is 0 Å². The van der Waals surface area contributed by atoms with Crippen molar-refractivity contribution in [1.82, 2.24) is 0 Å². The molecule has 0 bridgehead atoms. The van der Waals surface area contributed by atoms with E-state index in [0.717, 1.165) is 5.30 Å². The normalized spacial score (nSPS) is 13.0. The van der Waals surface area contributed by atoms with E-state index in [2.05, 4.69) is 53.7 Å². The molecule has 108 valence electrons. The van der Waals surface area contributed by atoms with Crippen LogP contribution < -0.4 is 5.30 Å². The zero-order valence-corrected chi connectivity index (χ0v) is 14.0. The van der Waals surface area contributed by atoms with Gasteiger partial charge in [0.2, 0.25) is 8.38 Å². The summed E-state index contributed by atoms with van der Waals surface area (Å²) in [5.74, 6) is 0. The summed E-state index contributed by atoms with van der Waals surface area (Å²) >= 11 is 0. The summed E-state index contributed by atoms with van der Waals surface area (Å²) in [6.45, 7) is 14.5. The van der Waals surface area contributed by atoms with Crippen LogP contribution in [0.25, 0.3) is 0 Å². The van der Waals surface area contributed by atoms with Crippen molar-refractivity contribution in [3.63, 3.8) is 0 Å². The minimum Gasteiger partial charge on any atom is -0.330 e. The summed E-state index contributed by atoms with van der Waals surface area (Å²) in [5.41, 5.74) is 0.306. The highest BCUT2D eigenvalue weighted by atomic mass is 31.2. The number of hydrogen-bond acceptors (Lipinski definition) is 2. The van der Waals surface area contributed by atoms with Crippen molar-refractivity contribution in [2.45, 2.75) is 41.5 Å². The van der Waals surface area contributed by atoms with Crippen LogP contribution in [0.15, 0.2) is 30.3 Å². The molecule has 0 saturated carbocycles. The molecule has 0 spiro atoms. The Balaban J connectivity index is 2.68. The maximum Gasteiger partial charge on any atom is 0.205 e. The van der Waals surface area contributed by atoms with Crippen molar-refractivity contribution >= 4 is 13.7 Å². The maximum absolute atomic E-state index is 6.03. The monoisotopic (exact) mass is 282 g/mol. The second kappa shape index (κ2) is 6.83. The van der Waals surface area contributed by atoms with E-state index in [0.29, 0.717) is 13.2 Å². The van der Waals surface area contributed by atoms with Crippen LogP contribution in [0.2, 0.25) is 0 Å². The van der Waals surface area contributed by atoms with Crippen molar-refractivity contribution in [3.05, 3.63) is 30.3 Å². The first-order valence-electron chi connectivity index (χ1n) is 6.78. The predicted molar refractivity (Wildman–Crippen MR) is 83.8 cm³/mol. The molecule has 1 aromatic rings. The van der Waals surface area contributed by atoms with Crippen LogP contribution in [-0.2, 0) is 9.05 Å². The summed E-state index contributed by atoms with van der Waals surface area (Å²) < 4.78 is 12.1. The first kappa shape index (κ1) is 16.6. The van der Waals surface area contributed by atoms with Gasteiger partial charge in [0.25, 0.3) is 0 Å². The van der Waals surface area contributed by atoms with Gasteiger partial charge < -0.3 is 9.05 Å². The summed E-state index contributed by atoms with van der Waals surface area (Å²) in [4.78, 5) is 0. The Labute approximate surface area is 119 Å². The summed E-state index contributed by atoms with van der Waals surface area (Å²) in [5, 5.41) is 1.14. The molecule has 0 atom stereocenters. The van der Waals surface area contributed by atoms with Gasteiger partial charge in [-0.05, 0) is 23.0 Å². The second-order valence-corrected chi connectivity index (χ2v) is 8.81. The van der Waals surface area contributed by atoms with E-state index >= 15 is 0 Å². The van der Waals surface area contributed by atoms with Crippen LogP contribution in [0.4, 0.5) is 0 Å². The van der Waals surface area contributed by atoms with Crippen molar-refractivity contribution in [2.75, 3.05) is 13.2 Å². The van der Waals surface area contributed by atoms with Gasteiger partial charge in [-0.15, -0.1) is 0 Å². The molecule has 0 aliphatic rings. The smallest absolute Gasteiger partial charge is 0.205 e. The fraction of sp³-hybridized carbons (Fsp3) is 0.625. The average molecular weight is 282 g/mol. The van der Waals surface area contributed by atoms with Crippen LogP contribution in [0.3, 0.4) is 0 Å². The molecule has 2 nitrogen and oxygen atoms in total. The standard InChI is InChI=1S/C16H27O2P/c1-15(2,3)12-17-19(18-13-16(4,5)6)14-10-8-7-9-11-14/h7-11H,12-13H2,1-6H3. The molecule has 1 rings (SSSR count). The van der Waals surface area contributed by atoms with Crippen LogP contribution in [0.5, 0.6) is 0 Å². The second-order valence-electron chi connectivity index (χ2n) is 7.26. The highest BCUT2D eigenvalue weighted by molar-refractivity contribution is 7.56. The lowest BCUT2D eigenvalue weighted by Gasteiger charge is -2.26. The zero-order chi connectivity index (χ0) is 14.5. The maximum atomic E-state index is 6.03. The van der Waals surface area contributed by atoms with E-state index in [1.165, 1.54) is 0 Å². The fourth-order valence-electron chi connectivity index (χ4n) is 1.24. The Morgan fingerprint density at radius 3 is 1.58 bits per heavy atom. The van der Waals surface area contributed by atoms with Gasteiger partial charge in [-0.2, -0.15) is 0 Å². The number of benzene rings is 1. The molecule has 1 aromatic carbocycles. The van der Waals surface area contributed by atoms with E-state index in [1.807, 2.05) is 18.2 Å². The third kappa shape index (κ3) is 7.67. The molecule has 0 aromatic heterocycles. The average Bonchev–Trinajstić information content (AvgIpc) is 2.27. The van der Waals surface area contributed by atoms with Crippen LogP contribution in [-0.4, -0.2) is 13.2 Å². The Bertz CT molecular complexity index is 345. The molecule has 0 saturated heterocycles. The summed E-state index contributed by atoms with van der Waals surface area (Å²) in [6.07, 6.45) is 0. The molecule has 0 aliphatic heterocycles. The molecule has 0 radical (unpaired) electrons. The van der Waals surface area contributed by atoms with Gasteiger partial charge in [0.05, 0.1) is 13.2 Å². The van der Waals surface area contributed by atoms with Gasteiger partial charge >= 0.3 is 0 Å². The first-order valence-corrected chi connectivity index (χ1v) is 7.96. The number of rotatable bonds is 5. The largest absolute Gasteiger partial charge is 0.330 e. The van der Waals surface area contributed by atoms with Crippen molar-refractivity contribution in [1.29, 1.82) is 0 Å². The molecule has 0 fully saturated rings. The molecule has 0 heterocycles. The lowest BCUT2D eigenvalue weighted by Crippen LogP contribution is -2.19. The summed E-state index contributed by atoms with van der Waals surface area (Å²) in [6, 6.07) is 10.2. The van der Waals surface area contributed by atoms with E-state index in [9.17, 15) is 0 Å². The Kier molecular flexibility index (Phi) is 5.98. The van der Waals surface area contributed by atoms with Crippen molar-refractivity contribution in [2.24, 2.45) is 10.8 Å². The van der Waals surface area contributed by atoms with Crippen LogP contribution in [0.1, 0.15) is 41.5 Å². The minimum atomic E-state index is -0.984. The Morgan fingerprint density at radius 2 is 1.21 bits per heavy atom. The Morgan fingerprint density at radius 1 is 0.789 bits per heavy atom. The number of hydrogen-bond donors (Lipinski definition) is 0. The zero-order valence-electron chi connectivity index (χ0n) is 13.1. The van der Waals surface area contributed by atoms with Gasteiger partial charge in [-0.3, -0.25) is 0 Å². The quantitative estimate of drug-likeness (QED) is 0.726. The molecular formula is C16H27O2P. The lowest BCUT2D eigenvalue weighted by atomic mass is 9.99. The molecule has 0 aliphatic carbocycles. The van der Waals surface area contributed by atoms with Gasteiger partial charge in [-0.25, -0.2) is 0 Å². The third-order valence-electron chi connectivity index (χ3n) is 2.20. The molecule has 3 heteroatoms. The fourth-order valence-corrected chi connectivity index (χ4v) is 3.04. The van der Waals surface area contributed by atoms with Crippen molar-refractivity contribution < 1.29 is 9.05 Å². The lowest BCUT2D eigenvalue weighted by molar-refractivity contribution is 0.154. The topological polar surface area (TPSA) is 18.5 Å². The molecular weight excluding hydrogens is 255 g/mol. The highest BCUT2D eigenvalue weighted by Crippen LogP contribution is 2.40. The highest BCUT2D eigenvalue weighted by Gasteiger charge is 2.21. The molecule has 0 unspecified atom stereocenters. The summed E-state index contributed by atoms with van der Waals surface area (Å²) in [7, 11) is -0.984. The molecule has 0 amide bonds. The van der Waals surface area contributed by atoms with Crippen LogP contribution in [0, 0.1) is 10.8 Å².